The maximum atomic E-state index is 11.8. The van der Waals surface area contributed by atoms with Crippen molar-refractivity contribution in [1.29, 1.82) is 0 Å². The highest BCUT2D eigenvalue weighted by Gasteiger charge is 2.07. The van der Waals surface area contributed by atoms with Crippen LogP contribution in [0.25, 0.3) is 0 Å². The fraction of sp³-hybridized carbons (Fsp3) is 0.133. The minimum absolute atomic E-state index is 0.206. The van der Waals surface area contributed by atoms with E-state index in [0.717, 1.165) is 5.56 Å². The highest BCUT2D eigenvalue weighted by molar-refractivity contribution is 5.75. The summed E-state index contributed by atoms with van der Waals surface area (Å²) >= 11 is 0. The van der Waals surface area contributed by atoms with Gasteiger partial charge in [0.15, 0.2) is 0 Å². The molecule has 0 aliphatic heterocycles. The number of esters is 1. The van der Waals surface area contributed by atoms with Crippen molar-refractivity contribution in [3.05, 3.63) is 54.1 Å². The van der Waals surface area contributed by atoms with Crippen LogP contribution in [0.2, 0.25) is 0 Å². The second-order valence-electron chi connectivity index (χ2n) is 4.07. The van der Waals surface area contributed by atoms with Crippen molar-refractivity contribution >= 4 is 11.7 Å². The zero-order valence-corrected chi connectivity index (χ0v) is 10.6. The van der Waals surface area contributed by atoms with Gasteiger partial charge in [-0.15, -0.1) is 0 Å². The smallest absolute Gasteiger partial charge is 0.315 e. The van der Waals surface area contributed by atoms with E-state index in [0.29, 0.717) is 17.2 Å². The highest BCUT2D eigenvalue weighted by Crippen LogP contribution is 2.19. The van der Waals surface area contributed by atoms with E-state index in [1.54, 1.807) is 43.5 Å². The summed E-state index contributed by atoms with van der Waals surface area (Å²) in [5.74, 6) is 0.801. The van der Waals surface area contributed by atoms with Gasteiger partial charge >= 0.3 is 5.97 Å². The van der Waals surface area contributed by atoms with E-state index >= 15 is 0 Å². The lowest BCUT2D eigenvalue weighted by molar-refractivity contribution is -0.133. The zero-order valence-electron chi connectivity index (χ0n) is 10.6. The van der Waals surface area contributed by atoms with Crippen molar-refractivity contribution in [1.82, 2.24) is 0 Å². The predicted molar refractivity (Wildman–Crippen MR) is 73.2 cm³/mol. The summed E-state index contributed by atoms with van der Waals surface area (Å²) in [5, 5.41) is 0. The predicted octanol–water partition coefficient (Wildman–Crippen LogP) is 2.43. The van der Waals surface area contributed by atoms with Crippen LogP contribution in [0.4, 0.5) is 5.69 Å². The Morgan fingerprint density at radius 3 is 2.47 bits per heavy atom. The van der Waals surface area contributed by atoms with Gasteiger partial charge in [-0.2, -0.15) is 0 Å². The maximum Gasteiger partial charge on any atom is 0.315 e. The molecule has 0 bridgehead atoms. The molecular formula is C15H15NO3. The first-order valence-corrected chi connectivity index (χ1v) is 5.86. The number of anilines is 1. The summed E-state index contributed by atoms with van der Waals surface area (Å²) in [5.41, 5.74) is 7.12. The zero-order chi connectivity index (χ0) is 13.7. The summed E-state index contributed by atoms with van der Waals surface area (Å²) in [4.78, 5) is 11.8. The topological polar surface area (TPSA) is 61.5 Å². The number of hydrogen-bond acceptors (Lipinski definition) is 4. The summed E-state index contributed by atoms with van der Waals surface area (Å²) < 4.78 is 10.3. The van der Waals surface area contributed by atoms with Crippen molar-refractivity contribution in [2.45, 2.75) is 6.42 Å². The molecule has 0 spiro atoms. The Hall–Kier alpha value is -2.49. The monoisotopic (exact) mass is 257 g/mol. The fourth-order valence-corrected chi connectivity index (χ4v) is 1.63. The number of benzene rings is 2. The van der Waals surface area contributed by atoms with Crippen molar-refractivity contribution in [3.8, 4) is 11.5 Å². The average Bonchev–Trinajstić information content (AvgIpc) is 2.41. The largest absolute Gasteiger partial charge is 0.497 e. The van der Waals surface area contributed by atoms with Gasteiger partial charge in [-0.3, -0.25) is 4.79 Å². The quantitative estimate of drug-likeness (QED) is 0.519. The second kappa shape index (κ2) is 5.91. The lowest BCUT2D eigenvalue weighted by Crippen LogP contribution is -2.11. The first-order chi connectivity index (χ1) is 9.17. The van der Waals surface area contributed by atoms with Crippen LogP contribution in [0.15, 0.2) is 48.5 Å². The van der Waals surface area contributed by atoms with E-state index in [4.69, 9.17) is 15.2 Å². The number of rotatable bonds is 4. The van der Waals surface area contributed by atoms with Gasteiger partial charge in [0, 0.05) is 11.8 Å². The van der Waals surface area contributed by atoms with Gasteiger partial charge in [0.05, 0.1) is 13.5 Å². The molecule has 19 heavy (non-hydrogen) atoms. The molecule has 0 saturated heterocycles. The lowest BCUT2D eigenvalue weighted by Gasteiger charge is -2.06. The van der Waals surface area contributed by atoms with E-state index in [1.165, 1.54) is 0 Å². The van der Waals surface area contributed by atoms with Crippen molar-refractivity contribution in [3.63, 3.8) is 0 Å². The number of carbonyl (C=O) groups is 1. The Balaban J connectivity index is 1.99. The van der Waals surface area contributed by atoms with Crippen molar-refractivity contribution in [2.75, 3.05) is 12.8 Å². The Morgan fingerprint density at radius 1 is 1.11 bits per heavy atom. The van der Waals surface area contributed by atoms with Crippen LogP contribution >= 0.6 is 0 Å². The van der Waals surface area contributed by atoms with Crippen LogP contribution < -0.4 is 15.2 Å². The lowest BCUT2D eigenvalue weighted by atomic mass is 10.1. The van der Waals surface area contributed by atoms with Crippen LogP contribution in [0.5, 0.6) is 11.5 Å². The van der Waals surface area contributed by atoms with Crippen LogP contribution in [-0.2, 0) is 11.2 Å². The Labute approximate surface area is 111 Å². The summed E-state index contributed by atoms with van der Waals surface area (Å²) in [6.45, 7) is 0. The number of nitrogens with two attached hydrogens (primary N) is 1. The van der Waals surface area contributed by atoms with Crippen LogP contribution in [-0.4, -0.2) is 13.1 Å². The summed E-state index contributed by atoms with van der Waals surface area (Å²) in [6, 6.07) is 14.1. The Bertz CT molecular complexity index is 564. The van der Waals surface area contributed by atoms with Crippen LogP contribution in [0, 0.1) is 0 Å². The molecule has 2 rings (SSSR count). The molecule has 4 nitrogen and oxygen atoms in total. The van der Waals surface area contributed by atoms with E-state index in [-0.39, 0.29) is 12.4 Å². The van der Waals surface area contributed by atoms with Crippen LogP contribution in [0.1, 0.15) is 5.56 Å². The summed E-state index contributed by atoms with van der Waals surface area (Å²) in [7, 11) is 1.56. The molecule has 2 aromatic carbocycles. The molecule has 0 atom stereocenters. The van der Waals surface area contributed by atoms with Gasteiger partial charge in [0.25, 0.3) is 0 Å². The molecule has 0 amide bonds. The average molecular weight is 257 g/mol. The van der Waals surface area contributed by atoms with E-state index in [9.17, 15) is 4.79 Å². The van der Waals surface area contributed by atoms with Gasteiger partial charge in [-0.25, -0.2) is 0 Å². The van der Waals surface area contributed by atoms with Crippen molar-refractivity contribution in [2.24, 2.45) is 0 Å². The maximum absolute atomic E-state index is 11.8. The Morgan fingerprint density at radius 2 is 1.79 bits per heavy atom. The van der Waals surface area contributed by atoms with E-state index < -0.39 is 0 Å². The molecule has 0 aliphatic rings. The third-order valence-corrected chi connectivity index (χ3v) is 2.60. The van der Waals surface area contributed by atoms with Crippen molar-refractivity contribution < 1.29 is 14.3 Å². The van der Waals surface area contributed by atoms with Gasteiger partial charge in [-0.05, 0) is 29.8 Å². The number of nitrogen functional groups attached to an aromatic ring is 1. The fourth-order valence-electron chi connectivity index (χ4n) is 1.63. The third-order valence-electron chi connectivity index (χ3n) is 2.60. The molecule has 4 heteroatoms. The van der Waals surface area contributed by atoms with E-state index in [2.05, 4.69) is 0 Å². The first kappa shape index (κ1) is 13.0. The normalized spacial score (nSPS) is 9.95. The molecule has 98 valence electrons. The minimum atomic E-state index is -0.321. The molecule has 0 aliphatic carbocycles. The molecule has 2 aromatic rings. The molecule has 0 fully saturated rings. The molecule has 2 N–H and O–H groups in total. The first-order valence-electron chi connectivity index (χ1n) is 5.86. The van der Waals surface area contributed by atoms with Gasteiger partial charge in [0.2, 0.25) is 0 Å². The minimum Gasteiger partial charge on any atom is -0.497 e. The molecular weight excluding hydrogens is 242 g/mol. The molecule has 0 radical (unpaired) electrons. The van der Waals surface area contributed by atoms with Gasteiger partial charge in [0.1, 0.15) is 11.5 Å². The Kier molecular flexibility index (Phi) is 4.03. The number of carbonyl (C=O) groups excluding carboxylic acids is 1. The highest BCUT2D eigenvalue weighted by atomic mass is 16.5. The molecule has 0 saturated carbocycles. The number of ether oxygens (including phenoxy) is 2. The third kappa shape index (κ3) is 3.74. The van der Waals surface area contributed by atoms with E-state index in [1.807, 2.05) is 12.1 Å². The molecule has 0 heterocycles. The number of hydrogen-bond donors (Lipinski definition) is 1. The SMILES string of the molecule is COc1cccc(OC(=O)Cc2ccc(N)cc2)c1. The standard InChI is InChI=1S/C15H15NO3/c1-18-13-3-2-4-14(10-13)19-15(17)9-11-5-7-12(16)8-6-11/h2-8,10H,9,16H2,1H3. The second-order valence-corrected chi connectivity index (χ2v) is 4.07. The molecule has 0 aromatic heterocycles. The summed E-state index contributed by atoms with van der Waals surface area (Å²) in [6.07, 6.45) is 0.206. The van der Waals surface area contributed by atoms with Crippen LogP contribution in [0.3, 0.4) is 0 Å². The van der Waals surface area contributed by atoms with Gasteiger partial charge < -0.3 is 15.2 Å². The molecule has 0 unspecified atom stereocenters. The van der Waals surface area contributed by atoms with Gasteiger partial charge in [-0.1, -0.05) is 18.2 Å². The number of methoxy groups -OCH3 is 1.